The van der Waals surface area contributed by atoms with Crippen LogP contribution in [0.1, 0.15) is 41.3 Å². The lowest BCUT2D eigenvalue weighted by atomic mass is 9.99. The van der Waals surface area contributed by atoms with E-state index in [1.165, 1.54) is 31.5 Å². The molecule has 1 amide bonds. The number of likely N-dealkylation sites (tertiary alicyclic amines) is 1. The maximum atomic E-state index is 12.8. The normalized spacial score (nSPS) is 15.2. The molecular formula is C25H30N4O. The lowest BCUT2D eigenvalue weighted by molar-refractivity contribution is 0.102. The zero-order valence-electron chi connectivity index (χ0n) is 17.6. The Morgan fingerprint density at radius 3 is 2.70 bits per heavy atom. The van der Waals surface area contributed by atoms with Gasteiger partial charge in [-0.15, -0.1) is 0 Å². The van der Waals surface area contributed by atoms with Crippen molar-refractivity contribution in [3.63, 3.8) is 0 Å². The number of imidazole rings is 1. The van der Waals surface area contributed by atoms with Gasteiger partial charge in [-0.25, -0.2) is 4.98 Å². The number of amides is 1. The van der Waals surface area contributed by atoms with Crippen LogP contribution in [0.2, 0.25) is 0 Å². The summed E-state index contributed by atoms with van der Waals surface area (Å²) in [5.74, 6) is 0.780. The molecule has 2 aromatic carbocycles. The van der Waals surface area contributed by atoms with Gasteiger partial charge in [0.1, 0.15) is 0 Å². The summed E-state index contributed by atoms with van der Waals surface area (Å²) >= 11 is 0. The monoisotopic (exact) mass is 402 g/mol. The molecule has 3 aromatic rings. The van der Waals surface area contributed by atoms with Crippen molar-refractivity contribution < 1.29 is 4.79 Å². The minimum Gasteiger partial charge on any atom is -0.333 e. The molecular weight excluding hydrogens is 372 g/mol. The summed E-state index contributed by atoms with van der Waals surface area (Å²) < 4.78 is 1.99. The van der Waals surface area contributed by atoms with Gasteiger partial charge >= 0.3 is 0 Å². The number of hydrogen-bond acceptors (Lipinski definition) is 3. The molecule has 0 radical (unpaired) electrons. The summed E-state index contributed by atoms with van der Waals surface area (Å²) in [6.07, 6.45) is 9.07. The van der Waals surface area contributed by atoms with Gasteiger partial charge in [0.2, 0.25) is 0 Å². The Morgan fingerprint density at radius 2 is 1.90 bits per heavy atom. The van der Waals surface area contributed by atoms with Crippen molar-refractivity contribution in [3.05, 3.63) is 83.9 Å². The number of nitrogens with zero attached hydrogens (tertiary/aromatic N) is 3. The standard InChI is InChI=1S/C25H30N4O/c1-20-8-12-28(13-9-20)14-10-21-4-3-7-24(17-21)27-25(30)23-6-2-5-22(16-23)18-29-15-11-26-19-29/h2-7,11,15-17,19-20H,8-10,12-14,18H2,1H3,(H,27,30). The van der Waals surface area contributed by atoms with Crippen molar-refractivity contribution in [2.45, 2.75) is 32.7 Å². The van der Waals surface area contributed by atoms with Crippen LogP contribution in [0, 0.1) is 5.92 Å². The van der Waals surface area contributed by atoms with Gasteiger partial charge in [0, 0.05) is 36.7 Å². The van der Waals surface area contributed by atoms with Gasteiger partial charge in [-0.3, -0.25) is 4.79 Å². The minimum absolute atomic E-state index is 0.0790. The predicted molar refractivity (Wildman–Crippen MR) is 121 cm³/mol. The topological polar surface area (TPSA) is 50.2 Å². The van der Waals surface area contributed by atoms with Crippen molar-refractivity contribution in [2.75, 3.05) is 25.0 Å². The molecule has 156 valence electrons. The Kier molecular flexibility index (Phi) is 6.60. The highest BCUT2D eigenvalue weighted by atomic mass is 16.1. The van der Waals surface area contributed by atoms with Crippen LogP contribution in [0.15, 0.2) is 67.3 Å². The summed E-state index contributed by atoms with van der Waals surface area (Å²) in [5, 5.41) is 3.06. The Labute approximate surface area is 178 Å². The Hall–Kier alpha value is -2.92. The summed E-state index contributed by atoms with van der Waals surface area (Å²) in [6.45, 7) is 6.53. The zero-order valence-corrected chi connectivity index (χ0v) is 17.6. The molecule has 0 spiro atoms. The van der Waals surface area contributed by atoms with Crippen LogP contribution in [-0.4, -0.2) is 40.0 Å². The van der Waals surface area contributed by atoms with Gasteiger partial charge in [0.15, 0.2) is 0 Å². The average Bonchev–Trinajstić information content (AvgIpc) is 3.27. The second-order valence-corrected chi connectivity index (χ2v) is 8.36. The van der Waals surface area contributed by atoms with Crippen LogP contribution >= 0.6 is 0 Å². The number of rotatable bonds is 7. The maximum Gasteiger partial charge on any atom is 0.255 e. The lowest BCUT2D eigenvalue weighted by Gasteiger charge is -2.30. The predicted octanol–water partition coefficient (Wildman–Crippen LogP) is 4.46. The average molecular weight is 403 g/mol. The molecule has 1 aromatic heterocycles. The number of carbonyl (C=O) groups excluding carboxylic acids is 1. The van der Waals surface area contributed by atoms with Gasteiger partial charge in [0.05, 0.1) is 6.33 Å². The first-order chi connectivity index (χ1) is 14.7. The van der Waals surface area contributed by atoms with E-state index in [0.717, 1.165) is 30.1 Å². The summed E-state index contributed by atoms with van der Waals surface area (Å²) in [4.78, 5) is 19.4. The van der Waals surface area contributed by atoms with E-state index < -0.39 is 0 Å². The number of piperidine rings is 1. The van der Waals surface area contributed by atoms with E-state index in [1.54, 1.807) is 12.5 Å². The van der Waals surface area contributed by atoms with E-state index >= 15 is 0 Å². The molecule has 0 bridgehead atoms. The van der Waals surface area contributed by atoms with Crippen molar-refractivity contribution in [1.29, 1.82) is 0 Å². The number of anilines is 1. The fourth-order valence-corrected chi connectivity index (χ4v) is 3.98. The Morgan fingerprint density at radius 1 is 1.10 bits per heavy atom. The molecule has 30 heavy (non-hydrogen) atoms. The van der Waals surface area contributed by atoms with Crippen LogP contribution in [0.3, 0.4) is 0 Å². The van der Waals surface area contributed by atoms with Gasteiger partial charge < -0.3 is 14.8 Å². The molecule has 0 saturated carbocycles. The quantitative estimate of drug-likeness (QED) is 0.635. The molecule has 1 saturated heterocycles. The first kappa shape index (κ1) is 20.4. The molecule has 2 heterocycles. The van der Waals surface area contributed by atoms with E-state index in [0.29, 0.717) is 12.1 Å². The Balaban J connectivity index is 1.35. The molecule has 1 aliphatic rings. The van der Waals surface area contributed by atoms with Crippen LogP contribution < -0.4 is 5.32 Å². The van der Waals surface area contributed by atoms with Crippen molar-refractivity contribution in [3.8, 4) is 0 Å². The molecule has 4 rings (SSSR count). The van der Waals surface area contributed by atoms with E-state index in [4.69, 9.17) is 0 Å². The zero-order chi connectivity index (χ0) is 20.8. The second kappa shape index (κ2) is 9.72. The van der Waals surface area contributed by atoms with E-state index in [9.17, 15) is 4.79 Å². The lowest BCUT2D eigenvalue weighted by Crippen LogP contribution is -2.34. The fraction of sp³-hybridized carbons (Fsp3) is 0.360. The molecule has 0 unspecified atom stereocenters. The first-order valence-electron chi connectivity index (χ1n) is 10.8. The summed E-state index contributed by atoms with van der Waals surface area (Å²) in [6, 6.07) is 16.0. The Bertz CT molecular complexity index is 959. The SMILES string of the molecule is CC1CCN(CCc2cccc(NC(=O)c3cccc(Cn4ccnc4)c3)c2)CC1. The molecule has 1 aliphatic heterocycles. The highest BCUT2D eigenvalue weighted by molar-refractivity contribution is 6.04. The molecule has 5 heteroatoms. The van der Waals surface area contributed by atoms with Crippen LogP contribution in [0.25, 0.3) is 0 Å². The summed E-state index contributed by atoms with van der Waals surface area (Å²) in [7, 11) is 0. The van der Waals surface area contributed by atoms with Crippen LogP contribution in [0.4, 0.5) is 5.69 Å². The number of aromatic nitrogens is 2. The third kappa shape index (κ3) is 5.57. The van der Waals surface area contributed by atoms with Crippen LogP contribution in [-0.2, 0) is 13.0 Å². The van der Waals surface area contributed by atoms with Gasteiger partial charge in [-0.05, 0) is 73.7 Å². The van der Waals surface area contributed by atoms with Crippen molar-refractivity contribution >= 4 is 11.6 Å². The van der Waals surface area contributed by atoms with E-state index in [2.05, 4.69) is 34.3 Å². The second-order valence-electron chi connectivity index (χ2n) is 8.36. The largest absolute Gasteiger partial charge is 0.333 e. The molecule has 1 N–H and O–H groups in total. The fourth-order valence-electron chi connectivity index (χ4n) is 3.98. The summed E-state index contributed by atoms with van der Waals surface area (Å²) in [5.41, 5.74) is 3.86. The third-order valence-electron chi connectivity index (χ3n) is 5.89. The number of benzene rings is 2. The third-order valence-corrected chi connectivity index (χ3v) is 5.89. The smallest absolute Gasteiger partial charge is 0.255 e. The molecule has 5 nitrogen and oxygen atoms in total. The van der Waals surface area contributed by atoms with Gasteiger partial charge in [-0.1, -0.05) is 31.2 Å². The minimum atomic E-state index is -0.0790. The highest BCUT2D eigenvalue weighted by Gasteiger charge is 2.15. The molecule has 1 fully saturated rings. The molecule has 0 aliphatic carbocycles. The number of hydrogen-bond donors (Lipinski definition) is 1. The van der Waals surface area contributed by atoms with E-state index in [1.807, 2.05) is 47.2 Å². The van der Waals surface area contributed by atoms with Gasteiger partial charge in [0.25, 0.3) is 5.91 Å². The van der Waals surface area contributed by atoms with Crippen molar-refractivity contribution in [1.82, 2.24) is 14.5 Å². The molecule has 0 atom stereocenters. The maximum absolute atomic E-state index is 12.8. The van der Waals surface area contributed by atoms with E-state index in [-0.39, 0.29) is 5.91 Å². The van der Waals surface area contributed by atoms with Crippen molar-refractivity contribution in [2.24, 2.45) is 5.92 Å². The number of carbonyl (C=O) groups is 1. The first-order valence-corrected chi connectivity index (χ1v) is 10.8. The van der Waals surface area contributed by atoms with Gasteiger partial charge in [-0.2, -0.15) is 0 Å². The number of nitrogens with one attached hydrogen (secondary N) is 1. The highest BCUT2D eigenvalue weighted by Crippen LogP contribution is 2.18. The van der Waals surface area contributed by atoms with Crippen LogP contribution in [0.5, 0.6) is 0 Å².